The van der Waals surface area contributed by atoms with E-state index in [-0.39, 0.29) is 28.9 Å². The first-order valence-corrected chi connectivity index (χ1v) is 14.6. The largest absolute Gasteiger partial charge is 0.369 e. The van der Waals surface area contributed by atoms with E-state index < -0.39 is 16.4 Å². The molecular weight excluding hydrogens is 530 g/mol. The van der Waals surface area contributed by atoms with E-state index in [9.17, 15) is 18.6 Å². The Bertz CT molecular complexity index is 1720. The van der Waals surface area contributed by atoms with Gasteiger partial charge in [-0.25, -0.2) is 13.9 Å². The zero-order valence-electron chi connectivity index (χ0n) is 22.6. The molecule has 1 unspecified atom stereocenters. The lowest BCUT2D eigenvalue weighted by molar-refractivity contribution is -0.138. The number of carbonyl (C=O) groups is 2. The van der Waals surface area contributed by atoms with Crippen LogP contribution in [0.1, 0.15) is 24.0 Å². The fraction of sp³-hybridized carbons (Fsp3) is 0.393. The maximum atomic E-state index is 13.5. The highest BCUT2D eigenvalue weighted by Crippen LogP contribution is 2.25. The summed E-state index contributed by atoms with van der Waals surface area (Å²) in [7, 11) is -1.61. The molecule has 0 spiro atoms. The van der Waals surface area contributed by atoms with Gasteiger partial charge in [0.2, 0.25) is 5.91 Å². The number of aromatic amines is 1. The Morgan fingerprint density at radius 3 is 2.58 bits per heavy atom. The third-order valence-corrected chi connectivity index (χ3v) is 9.20. The minimum Gasteiger partial charge on any atom is -0.369 e. The first kappa shape index (κ1) is 26.3. The summed E-state index contributed by atoms with van der Waals surface area (Å²) in [4.78, 5) is 48.2. The predicted molar refractivity (Wildman–Crippen MR) is 151 cm³/mol. The third-order valence-electron chi connectivity index (χ3n) is 7.72. The summed E-state index contributed by atoms with van der Waals surface area (Å²) in [6, 6.07) is 11.3. The second-order valence-electron chi connectivity index (χ2n) is 10.6. The van der Waals surface area contributed by atoms with Crippen molar-refractivity contribution in [1.82, 2.24) is 29.6 Å². The number of nitrogens with one attached hydrogen (secondary N) is 1. The topological polar surface area (TPSA) is 124 Å². The highest BCUT2D eigenvalue weighted by molar-refractivity contribution is 7.85. The van der Waals surface area contributed by atoms with Crippen LogP contribution < -0.4 is 10.5 Å². The van der Waals surface area contributed by atoms with Crippen molar-refractivity contribution in [2.45, 2.75) is 36.6 Å². The summed E-state index contributed by atoms with van der Waals surface area (Å²) in [6.07, 6.45) is 1.30. The average molecular weight is 562 g/mol. The van der Waals surface area contributed by atoms with Crippen molar-refractivity contribution < 1.29 is 13.8 Å². The van der Waals surface area contributed by atoms with E-state index in [4.69, 9.17) is 0 Å². The van der Waals surface area contributed by atoms with E-state index in [1.807, 2.05) is 44.2 Å². The maximum Gasteiger partial charge on any atom is 0.281 e. The first-order valence-electron chi connectivity index (χ1n) is 13.5. The Kier molecular flexibility index (Phi) is 6.97. The van der Waals surface area contributed by atoms with Crippen LogP contribution in [-0.4, -0.2) is 91.3 Å². The van der Waals surface area contributed by atoms with Crippen molar-refractivity contribution >= 4 is 44.7 Å². The van der Waals surface area contributed by atoms with Crippen molar-refractivity contribution in [3.63, 3.8) is 0 Å². The van der Waals surface area contributed by atoms with Gasteiger partial charge in [0.25, 0.3) is 5.56 Å². The number of benzene rings is 2. The van der Waals surface area contributed by atoms with E-state index in [1.54, 1.807) is 15.5 Å². The smallest absolute Gasteiger partial charge is 0.281 e. The minimum absolute atomic E-state index is 0.00902. The minimum atomic E-state index is -1.61. The number of rotatable bonds is 5. The van der Waals surface area contributed by atoms with E-state index in [2.05, 4.69) is 25.1 Å². The molecule has 11 nitrogen and oxygen atoms in total. The second-order valence-corrected chi connectivity index (χ2v) is 11.9. The monoisotopic (exact) mass is 561 g/mol. The summed E-state index contributed by atoms with van der Waals surface area (Å²) >= 11 is 0. The number of H-pyrrole nitrogens is 1. The number of fused-ring (bicyclic) bond motifs is 3. The summed E-state index contributed by atoms with van der Waals surface area (Å²) < 4.78 is 15.1. The van der Waals surface area contributed by atoms with Crippen molar-refractivity contribution in [3.05, 3.63) is 57.9 Å². The molecule has 2 saturated heterocycles. The van der Waals surface area contributed by atoms with Gasteiger partial charge in [0.15, 0.2) is 16.5 Å². The lowest BCUT2D eigenvalue weighted by Crippen LogP contribution is -2.51. The van der Waals surface area contributed by atoms with Gasteiger partial charge in [-0.1, -0.05) is 17.7 Å². The molecule has 2 aliphatic rings. The van der Waals surface area contributed by atoms with Crippen LogP contribution in [0.5, 0.6) is 0 Å². The molecule has 1 N–H and O–H groups in total. The van der Waals surface area contributed by atoms with E-state index in [0.29, 0.717) is 61.5 Å². The molecule has 6 rings (SSSR count). The summed E-state index contributed by atoms with van der Waals surface area (Å²) in [5.74, 6) is 0.139. The Morgan fingerprint density at radius 1 is 1.02 bits per heavy atom. The number of ketones is 1. The molecule has 0 bridgehead atoms. The molecule has 2 aliphatic heterocycles. The number of hydrogen-bond donors (Lipinski definition) is 1. The van der Waals surface area contributed by atoms with Crippen LogP contribution in [0.15, 0.2) is 51.1 Å². The van der Waals surface area contributed by atoms with Crippen LogP contribution in [-0.2, 0) is 20.4 Å². The number of amides is 1. The lowest BCUT2D eigenvalue weighted by Gasteiger charge is -2.37. The molecule has 2 aromatic heterocycles. The van der Waals surface area contributed by atoms with Gasteiger partial charge in [0.1, 0.15) is 10.8 Å². The third kappa shape index (κ3) is 4.92. The Labute approximate surface area is 233 Å². The number of Topliss-reactive ketones (excluding diaryl/α,β-unsaturated/α-hetero) is 1. The predicted octanol–water partition coefficient (Wildman–Crippen LogP) is 1.67. The van der Waals surface area contributed by atoms with E-state index >= 15 is 0 Å². The van der Waals surface area contributed by atoms with Crippen LogP contribution in [0.3, 0.4) is 0 Å². The van der Waals surface area contributed by atoms with Crippen molar-refractivity contribution in [2.75, 3.05) is 50.7 Å². The first-order chi connectivity index (χ1) is 19.3. The number of carbonyl (C=O) groups excluding carboxylic acids is 2. The molecule has 0 radical (unpaired) electrons. The molecule has 1 atom stereocenters. The van der Waals surface area contributed by atoms with Gasteiger partial charge in [-0.05, 0) is 50.1 Å². The number of hydrogen-bond acceptors (Lipinski definition) is 8. The van der Waals surface area contributed by atoms with Gasteiger partial charge in [0, 0.05) is 49.7 Å². The van der Waals surface area contributed by atoms with Gasteiger partial charge in [-0.2, -0.15) is 4.98 Å². The molecule has 12 heteroatoms. The zero-order chi connectivity index (χ0) is 28.0. The zero-order valence-corrected chi connectivity index (χ0v) is 23.4. The molecule has 208 valence electrons. The summed E-state index contributed by atoms with van der Waals surface area (Å²) in [6.45, 7) is 7.92. The number of anilines is 1. The van der Waals surface area contributed by atoms with Crippen LogP contribution >= 0.6 is 0 Å². The standard InChI is InChI=1S/C28H31N7O4S/c1-18-5-8-24(19(2)14-18)40(39)28-26-29-27(38)22-7-6-20(15-23(22)35(26)31-30-28)33-12-10-32(11-13-33)17-25(37)34-9-3-4-21(36)16-34/h5-8,14-15,31H,3-4,9-13,16-17H2,1-2H3. The van der Waals surface area contributed by atoms with Crippen molar-refractivity contribution in [3.8, 4) is 0 Å². The second kappa shape index (κ2) is 10.6. The summed E-state index contributed by atoms with van der Waals surface area (Å²) in [5, 5.41) is 7.87. The van der Waals surface area contributed by atoms with Crippen LogP contribution in [0.25, 0.3) is 16.6 Å². The number of aryl methyl sites for hydroxylation is 2. The fourth-order valence-electron chi connectivity index (χ4n) is 5.54. The van der Waals surface area contributed by atoms with Crippen molar-refractivity contribution in [1.29, 1.82) is 0 Å². The molecule has 40 heavy (non-hydrogen) atoms. The highest BCUT2D eigenvalue weighted by Gasteiger charge is 2.26. The summed E-state index contributed by atoms with van der Waals surface area (Å²) in [5.41, 5.74) is 3.34. The van der Waals surface area contributed by atoms with Crippen LogP contribution in [0.2, 0.25) is 0 Å². The van der Waals surface area contributed by atoms with Crippen LogP contribution in [0, 0.1) is 13.8 Å². The molecule has 4 aromatic rings. The number of piperazine rings is 1. The van der Waals surface area contributed by atoms with Crippen molar-refractivity contribution in [2.24, 2.45) is 0 Å². The lowest BCUT2D eigenvalue weighted by atomic mass is 10.1. The molecule has 4 heterocycles. The quantitative estimate of drug-likeness (QED) is 0.390. The molecular formula is C28H31N7O4S. The van der Waals surface area contributed by atoms with Gasteiger partial charge in [-0.3, -0.25) is 19.3 Å². The maximum absolute atomic E-state index is 13.5. The Morgan fingerprint density at radius 2 is 1.82 bits per heavy atom. The van der Waals surface area contributed by atoms with Gasteiger partial charge in [0.05, 0.1) is 24.0 Å². The van der Waals surface area contributed by atoms with Gasteiger partial charge in [-0.15, -0.1) is 5.10 Å². The molecule has 2 aromatic carbocycles. The van der Waals surface area contributed by atoms with Crippen LogP contribution in [0.4, 0.5) is 5.69 Å². The van der Waals surface area contributed by atoms with E-state index in [1.165, 1.54) is 0 Å². The Hall–Kier alpha value is -3.90. The SMILES string of the molecule is Cc1ccc(S(=O)c2n[nH]n3c2nc(=O)c2ccc(N4CCN(CC(=O)N5CCCC(=O)C5)CC4)cc23)c(C)c1. The van der Waals surface area contributed by atoms with Gasteiger partial charge >= 0.3 is 0 Å². The molecule has 2 fully saturated rings. The Balaban J connectivity index is 1.22. The normalized spacial score (nSPS) is 17.6. The molecule has 0 aliphatic carbocycles. The molecule has 0 saturated carbocycles. The number of nitrogens with zero attached hydrogens (tertiary/aromatic N) is 6. The number of likely N-dealkylation sites (tertiary alicyclic amines) is 1. The fourth-order valence-corrected chi connectivity index (χ4v) is 6.71. The van der Waals surface area contributed by atoms with E-state index in [0.717, 1.165) is 23.2 Å². The number of piperidine rings is 1. The molecule has 1 amide bonds. The highest BCUT2D eigenvalue weighted by atomic mass is 32.2. The van der Waals surface area contributed by atoms with Gasteiger partial charge < -0.3 is 9.80 Å². The average Bonchev–Trinajstić information content (AvgIpc) is 3.37. The number of aromatic nitrogens is 4.